The first-order valence-electron chi connectivity index (χ1n) is 3.46. The van der Waals surface area contributed by atoms with Crippen LogP contribution in [-0.2, 0) is 4.79 Å². The van der Waals surface area contributed by atoms with E-state index in [2.05, 4.69) is 0 Å². The molecule has 0 aromatic rings. The Kier molecular flexibility index (Phi) is 3.97. The van der Waals surface area contributed by atoms with Gasteiger partial charge in [-0.05, 0) is 18.9 Å². The van der Waals surface area contributed by atoms with Gasteiger partial charge in [-0.3, -0.25) is 0 Å². The minimum absolute atomic E-state index is 0.119. The molecule has 0 unspecified atom stereocenters. The average molecular weight is 153 g/mol. The van der Waals surface area contributed by atoms with Gasteiger partial charge in [0, 0.05) is 0 Å². The van der Waals surface area contributed by atoms with Crippen LogP contribution in [0.25, 0.3) is 0 Å². The molecule has 0 aromatic carbocycles. The summed E-state index contributed by atoms with van der Waals surface area (Å²) in [5.41, 5.74) is 0.536. The fourth-order valence-corrected chi connectivity index (χ4v) is 0.826. The number of aliphatic carboxylic acids is 1. The Labute approximate surface area is 66.0 Å². The van der Waals surface area contributed by atoms with E-state index in [0.717, 1.165) is 6.42 Å². The number of rotatable bonds is 3. The van der Waals surface area contributed by atoms with Gasteiger partial charge in [0.1, 0.15) is 11.6 Å². The van der Waals surface area contributed by atoms with Crippen molar-refractivity contribution in [2.75, 3.05) is 0 Å². The van der Waals surface area contributed by atoms with Crippen LogP contribution in [0.2, 0.25) is 0 Å². The monoisotopic (exact) mass is 153 g/mol. The first-order chi connectivity index (χ1) is 5.13. The summed E-state index contributed by atoms with van der Waals surface area (Å²) in [5, 5.41) is 16.9. The van der Waals surface area contributed by atoms with E-state index in [4.69, 9.17) is 10.4 Å². The van der Waals surface area contributed by atoms with Crippen molar-refractivity contribution in [2.24, 2.45) is 0 Å². The quantitative estimate of drug-likeness (QED) is 0.496. The SMILES string of the molecule is CCC/C(C)=C(\C#N)C(=O)O. The van der Waals surface area contributed by atoms with Crippen LogP contribution >= 0.6 is 0 Å². The minimum atomic E-state index is -1.13. The Morgan fingerprint density at radius 1 is 1.64 bits per heavy atom. The molecule has 3 heteroatoms. The Morgan fingerprint density at radius 3 is 2.45 bits per heavy atom. The van der Waals surface area contributed by atoms with Gasteiger partial charge < -0.3 is 5.11 Å². The summed E-state index contributed by atoms with van der Waals surface area (Å²) in [7, 11) is 0. The highest BCUT2D eigenvalue weighted by Gasteiger charge is 2.08. The molecular formula is C8H11NO2. The van der Waals surface area contributed by atoms with Crippen LogP contribution in [0.15, 0.2) is 11.1 Å². The highest BCUT2D eigenvalue weighted by atomic mass is 16.4. The van der Waals surface area contributed by atoms with Crippen LogP contribution in [0.3, 0.4) is 0 Å². The zero-order chi connectivity index (χ0) is 8.85. The Balaban J connectivity index is 4.58. The first-order valence-corrected chi connectivity index (χ1v) is 3.46. The van der Waals surface area contributed by atoms with Gasteiger partial charge in [0.2, 0.25) is 0 Å². The number of nitriles is 1. The Morgan fingerprint density at radius 2 is 2.18 bits per heavy atom. The van der Waals surface area contributed by atoms with Gasteiger partial charge in [0.15, 0.2) is 0 Å². The number of carboxylic acid groups (broad SMARTS) is 1. The standard InChI is InChI=1S/C8H11NO2/c1-3-4-6(2)7(5-9)8(10)11/h3-4H2,1-2H3,(H,10,11)/b7-6+. The second kappa shape index (κ2) is 4.51. The van der Waals surface area contributed by atoms with E-state index in [-0.39, 0.29) is 5.57 Å². The van der Waals surface area contributed by atoms with Crippen molar-refractivity contribution in [1.82, 2.24) is 0 Å². The molecule has 0 amide bonds. The lowest BCUT2D eigenvalue weighted by Crippen LogP contribution is -2.00. The summed E-state index contributed by atoms with van der Waals surface area (Å²) in [4.78, 5) is 10.4. The lowest BCUT2D eigenvalue weighted by molar-refractivity contribution is -0.132. The van der Waals surface area contributed by atoms with Crippen LogP contribution < -0.4 is 0 Å². The summed E-state index contributed by atoms with van der Waals surface area (Å²) >= 11 is 0. The zero-order valence-corrected chi connectivity index (χ0v) is 6.72. The Hall–Kier alpha value is -1.30. The largest absolute Gasteiger partial charge is 0.477 e. The van der Waals surface area contributed by atoms with Crippen LogP contribution in [0, 0.1) is 11.3 Å². The average Bonchev–Trinajstić information content (AvgIpc) is 1.88. The maximum absolute atomic E-state index is 10.4. The lowest BCUT2D eigenvalue weighted by atomic mass is 10.1. The van der Waals surface area contributed by atoms with Crippen molar-refractivity contribution < 1.29 is 9.90 Å². The molecule has 0 radical (unpaired) electrons. The summed E-state index contributed by atoms with van der Waals surface area (Å²) < 4.78 is 0. The predicted octanol–water partition coefficient (Wildman–Crippen LogP) is 1.71. The fourth-order valence-electron chi connectivity index (χ4n) is 0.826. The number of allylic oxidation sites excluding steroid dienone is 1. The molecule has 0 atom stereocenters. The number of hydrogen-bond acceptors (Lipinski definition) is 2. The van der Waals surface area contributed by atoms with Gasteiger partial charge in [-0.15, -0.1) is 0 Å². The summed E-state index contributed by atoms with van der Waals surface area (Å²) in [6.07, 6.45) is 1.54. The number of carbonyl (C=O) groups is 1. The van der Waals surface area contributed by atoms with Crippen molar-refractivity contribution in [3.63, 3.8) is 0 Å². The van der Waals surface area contributed by atoms with Crippen LogP contribution in [0.5, 0.6) is 0 Å². The number of carboxylic acids is 1. The molecule has 3 nitrogen and oxygen atoms in total. The molecule has 0 saturated carbocycles. The normalized spacial score (nSPS) is 11.7. The summed E-state index contributed by atoms with van der Waals surface area (Å²) in [6, 6.07) is 1.67. The molecule has 0 heterocycles. The van der Waals surface area contributed by atoms with Crippen molar-refractivity contribution in [1.29, 1.82) is 5.26 Å². The fraction of sp³-hybridized carbons (Fsp3) is 0.500. The van der Waals surface area contributed by atoms with Crippen molar-refractivity contribution >= 4 is 5.97 Å². The maximum Gasteiger partial charge on any atom is 0.346 e. The van der Waals surface area contributed by atoms with Gasteiger partial charge in [0.05, 0.1) is 0 Å². The molecule has 0 fully saturated rings. The third kappa shape index (κ3) is 2.85. The highest BCUT2D eigenvalue weighted by molar-refractivity contribution is 5.91. The summed E-state index contributed by atoms with van der Waals surface area (Å²) in [5.74, 6) is -1.13. The molecule has 0 saturated heterocycles. The van der Waals surface area contributed by atoms with Crippen LogP contribution in [0.1, 0.15) is 26.7 Å². The zero-order valence-electron chi connectivity index (χ0n) is 6.72. The molecule has 0 aliphatic rings. The topological polar surface area (TPSA) is 61.1 Å². The molecule has 0 aromatic heterocycles. The van der Waals surface area contributed by atoms with Gasteiger partial charge in [-0.2, -0.15) is 5.26 Å². The van der Waals surface area contributed by atoms with E-state index in [1.54, 1.807) is 13.0 Å². The minimum Gasteiger partial charge on any atom is -0.477 e. The highest BCUT2D eigenvalue weighted by Crippen LogP contribution is 2.09. The number of hydrogen-bond donors (Lipinski definition) is 1. The molecule has 0 aliphatic carbocycles. The number of nitrogens with zero attached hydrogens (tertiary/aromatic N) is 1. The van der Waals surface area contributed by atoms with Crippen molar-refractivity contribution in [2.45, 2.75) is 26.7 Å². The maximum atomic E-state index is 10.4. The molecule has 0 bridgehead atoms. The van der Waals surface area contributed by atoms with E-state index in [1.165, 1.54) is 0 Å². The van der Waals surface area contributed by atoms with Crippen LogP contribution in [-0.4, -0.2) is 11.1 Å². The third-order valence-corrected chi connectivity index (χ3v) is 1.38. The van der Waals surface area contributed by atoms with E-state index >= 15 is 0 Å². The smallest absolute Gasteiger partial charge is 0.346 e. The first kappa shape index (κ1) is 9.70. The van der Waals surface area contributed by atoms with Gasteiger partial charge in [-0.25, -0.2) is 4.79 Å². The van der Waals surface area contributed by atoms with E-state index in [0.29, 0.717) is 12.0 Å². The van der Waals surface area contributed by atoms with E-state index < -0.39 is 5.97 Å². The second-order valence-electron chi connectivity index (χ2n) is 2.32. The van der Waals surface area contributed by atoms with Gasteiger partial charge >= 0.3 is 5.97 Å². The van der Waals surface area contributed by atoms with E-state index in [1.807, 2.05) is 6.92 Å². The molecule has 60 valence electrons. The van der Waals surface area contributed by atoms with Crippen LogP contribution in [0.4, 0.5) is 0 Å². The van der Waals surface area contributed by atoms with Crippen molar-refractivity contribution in [3.8, 4) is 6.07 Å². The van der Waals surface area contributed by atoms with Gasteiger partial charge in [0.25, 0.3) is 0 Å². The summed E-state index contributed by atoms with van der Waals surface area (Å²) in [6.45, 7) is 3.62. The van der Waals surface area contributed by atoms with E-state index in [9.17, 15) is 4.79 Å². The molecule has 0 spiro atoms. The lowest BCUT2D eigenvalue weighted by Gasteiger charge is -1.97. The van der Waals surface area contributed by atoms with Crippen molar-refractivity contribution in [3.05, 3.63) is 11.1 Å². The van der Waals surface area contributed by atoms with Gasteiger partial charge in [-0.1, -0.05) is 13.3 Å². The molecule has 0 aliphatic heterocycles. The molecule has 11 heavy (non-hydrogen) atoms. The molecular weight excluding hydrogens is 142 g/mol. The third-order valence-electron chi connectivity index (χ3n) is 1.38. The Bertz CT molecular complexity index is 223. The predicted molar refractivity (Wildman–Crippen MR) is 40.9 cm³/mol. The molecule has 1 N–H and O–H groups in total. The second-order valence-corrected chi connectivity index (χ2v) is 2.32. The molecule has 0 rings (SSSR count).